The first kappa shape index (κ1) is 14.2. The molecule has 3 heterocycles. The van der Waals surface area contributed by atoms with Gasteiger partial charge in [0.25, 0.3) is 0 Å². The highest BCUT2D eigenvalue weighted by Gasteiger charge is 2.37. The molecule has 0 N–H and O–H groups in total. The Kier molecular flexibility index (Phi) is 3.75. The topological polar surface area (TPSA) is 63.9 Å². The van der Waals surface area contributed by atoms with E-state index in [0.717, 1.165) is 30.9 Å². The van der Waals surface area contributed by atoms with E-state index in [0.29, 0.717) is 5.92 Å². The van der Waals surface area contributed by atoms with Gasteiger partial charge in [-0.1, -0.05) is 0 Å². The molecule has 0 unspecified atom stereocenters. The summed E-state index contributed by atoms with van der Waals surface area (Å²) in [6.07, 6.45) is 7.01. The van der Waals surface area contributed by atoms with Crippen molar-refractivity contribution in [2.24, 2.45) is 0 Å². The highest BCUT2D eigenvalue weighted by atomic mass is 32.1. The molecule has 1 fully saturated rings. The van der Waals surface area contributed by atoms with Gasteiger partial charge in [0.1, 0.15) is 18.2 Å². The van der Waals surface area contributed by atoms with Crippen LogP contribution in [0.2, 0.25) is 0 Å². The predicted octanol–water partition coefficient (Wildman–Crippen LogP) is 1.88. The number of thiazole rings is 1. The summed E-state index contributed by atoms with van der Waals surface area (Å²) >= 11 is 1.67. The number of nitrogens with zero attached hydrogens (tertiary/aromatic N) is 5. The van der Waals surface area contributed by atoms with E-state index >= 15 is 0 Å². The molecule has 1 amide bonds. The van der Waals surface area contributed by atoms with Crippen molar-refractivity contribution in [1.29, 1.82) is 0 Å². The van der Waals surface area contributed by atoms with Gasteiger partial charge in [0.2, 0.25) is 5.91 Å². The Morgan fingerprint density at radius 1 is 1.48 bits per heavy atom. The predicted molar refractivity (Wildman–Crippen MR) is 80.0 cm³/mol. The van der Waals surface area contributed by atoms with Crippen LogP contribution < -0.4 is 0 Å². The van der Waals surface area contributed by atoms with Gasteiger partial charge in [0, 0.05) is 30.6 Å². The molecule has 3 rings (SSSR count). The van der Waals surface area contributed by atoms with Crippen LogP contribution in [0.1, 0.15) is 37.6 Å². The summed E-state index contributed by atoms with van der Waals surface area (Å²) in [5, 5.41) is 7.25. The Hall–Kier alpha value is -1.76. The van der Waals surface area contributed by atoms with Crippen LogP contribution in [0.3, 0.4) is 0 Å². The number of piperidine rings is 1. The monoisotopic (exact) mass is 305 g/mol. The number of amides is 1. The molecule has 112 valence electrons. The van der Waals surface area contributed by atoms with E-state index in [4.69, 9.17) is 0 Å². The van der Waals surface area contributed by atoms with Crippen LogP contribution in [0.25, 0.3) is 0 Å². The van der Waals surface area contributed by atoms with E-state index < -0.39 is 5.54 Å². The summed E-state index contributed by atoms with van der Waals surface area (Å²) < 4.78 is 1.63. The third-order valence-corrected chi connectivity index (χ3v) is 4.96. The lowest BCUT2D eigenvalue weighted by Crippen LogP contribution is -2.50. The standard InChI is InChI=1S/C14H19N5OS/c1-14(2,19-10-15-9-17-19)13(20)18-6-3-4-11(8-18)12-16-5-7-21-12/h5,7,9-11H,3-4,6,8H2,1-2H3/t11-/m0/s1. The molecule has 0 aromatic carbocycles. The number of carbonyl (C=O) groups is 1. The lowest BCUT2D eigenvalue weighted by molar-refractivity contribution is -0.141. The fraction of sp³-hybridized carbons (Fsp3) is 0.571. The van der Waals surface area contributed by atoms with Crippen molar-refractivity contribution < 1.29 is 4.79 Å². The third kappa shape index (κ3) is 2.70. The first-order chi connectivity index (χ1) is 10.1. The van der Waals surface area contributed by atoms with Crippen LogP contribution in [0, 0.1) is 0 Å². The smallest absolute Gasteiger partial charge is 0.250 e. The van der Waals surface area contributed by atoms with Crippen LogP contribution in [0.15, 0.2) is 24.2 Å². The minimum Gasteiger partial charge on any atom is -0.340 e. The number of aromatic nitrogens is 4. The van der Waals surface area contributed by atoms with Gasteiger partial charge in [-0.05, 0) is 26.7 Å². The second-order valence-electron chi connectivity index (χ2n) is 5.86. The average molecular weight is 305 g/mol. The first-order valence-electron chi connectivity index (χ1n) is 7.13. The minimum atomic E-state index is -0.707. The fourth-order valence-electron chi connectivity index (χ4n) is 2.78. The van der Waals surface area contributed by atoms with Crippen molar-refractivity contribution in [3.8, 4) is 0 Å². The zero-order valence-electron chi connectivity index (χ0n) is 12.3. The maximum absolute atomic E-state index is 12.9. The first-order valence-corrected chi connectivity index (χ1v) is 8.01. The van der Waals surface area contributed by atoms with Gasteiger partial charge in [0.15, 0.2) is 0 Å². The van der Waals surface area contributed by atoms with Gasteiger partial charge in [-0.25, -0.2) is 14.6 Å². The SMILES string of the molecule is CC(C)(C(=O)N1CCC[C@H](c2nccs2)C1)n1cncn1. The van der Waals surface area contributed by atoms with E-state index in [9.17, 15) is 4.79 Å². The largest absolute Gasteiger partial charge is 0.340 e. The zero-order valence-corrected chi connectivity index (χ0v) is 13.1. The number of likely N-dealkylation sites (tertiary alicyclic amines) is 1. The molecule has 2 aromatic heterocycles. The maximum atomic E-state index is 12.9. The Morgan fingerprint density at radius 2 is 2.33 bits per heavy atom. The van der Waals surface area contributed by atoms with Crippen LogP contribution >= 0.6 is 11.3 Å². The Labute approximate surface area is 127 Å². The highest BCUT2D eigenvalue weighted by molar-refractivity contribution is 7.09. The minimum absolute atomic E-state index is 0.0919. The molecule has 2 aromatic rings. The van der Waals surface area contributed by atoms with E-state index in [1.807, 2.05) is 30.3 Å². The number of hydrogen-bond acceptors (Lipinski definition) is 5. The van der Waals surface area contributed by atoms with Gasteiger partial charge >= 0.3 is 0 Å². The molecule has 0 aliphatic carbocycles. The van der Waals surface area contributed by atoms with Gasteiger partial charge in [-0.15, -0.1) is 11.3 Å². The van der Waals surface area contributed by atoms with Crippen molar-refractivity contribution in [2.75, 3.05) is 13.1 Å². The summed E-state index contributed by atoms with van der Waals surface area (Å²) in [5.74, 6) is 0.448. The summed E-state index contributed by atoms with van der Waals surface area (Å²) in [5.41, 5.74) is -0.707. The van der Waals surface area contributed by atoms with E-state index in [-0.39, 0.29) is 5.91 Å². The molecule has 1 aliphatic rings. The molecular formula is C14H19N5OS. The lowest BCUT2D eigenvalue weighted by atomic mass is 9.95. The molecule has 0 saturated carbocycles. The number of hydrogen-bond donors (Lipinski definition) is 0. The van der Waals surface area contributed by atoms with Crippen molar-refractivity contribution in [1.82, 2.24) is 24.6 Å². The van der Waals surface area contributed by atoms with Crippen molar-refractivity contribution in [3.05, 3.63) is 29.2 Å². The molecule has 0 bridgehead atoms. The van der Waals surface area contributed by atoms with E-state index in [1.165, 1.54) is 6.33 Å². The second-order valence-corrected chi connectivity index (χ2v) is 6.79. The normalized spacial score (nSPS) is 19.7. The number of rotatable bonds is 3. The molecule has 7 heteroatoms. The van der Waals surface area contributed by atoms with Gasteiger partial charge < -0.3 is 4.90 Å². The quantitative estimate of drug-likeness (QED) is 0.868. The fourth-order valence-corrected chi connectivity index (χ4v) is 3.55. The average Bonchev–Trinajstić information content (AvgIpc) is 3.19. The highest BCUT2D eigenvalue weighted by Crippen LogP contribution is 2.30. The van der Waals surface area contributed by atoms with Gasteiger partial charge in [-0.2, -0.15) is 5.10 Å². The van der Waals surface area contributed by atoms with Crippen molar-refractivity contribution >= 4 is 17.2 Å². The lowest BCUT2D eigenvalue weighted by Gasteiger charge is -2.37. The molecule has 1 atom stereocenters. The summed E-state index contributed by atoms with van der Waals surface area (Å²) in [6, 6.07) is 0. The van der Waals surface area contributed by atoms with E-state index in [1.54, 1.807) is 22.3 Å². The van der Waals surface area contributed by atoms with E-state index in [2.05, 4.69) is 15.1 Å². The zero-order chi connectivity index (χ0) is 14.9. The van der Waals surface area contributed by atoms with Crippen LogP contribution in [0.5, 0.6) is 0 Å². The molecule has 1 saturated heterocycles. The van der Waals surface area contributed by atoms with Crippen LogP contribution in [0.4, 0.5) is 0 Å². The maximum Gasteiger partial charge on any atom is 0.250 e. The molecular weight excluding hydrogens is 286 g/mol. The Morgan fingerprint density at radius 3 is 3.00 bits per heavy atom. The molecule has 6 nitrogen and oxygen atoms in total. The summed E-state index contributed by atoms with van der Waals surface area (Å²) in [4.78, 5) is 23.1. The Balaban J connectivity index is 1.75. The summed E-state index contributed by atoms with van der Waals surface area (Å²) in [6.45, 7) is 5.32. The van der Waals surface area contributed by atoms with Gasteiger partial charge in [-0.3, -0.25) is 4.79 Å². The van der Waals surface area contributed by atoms with Crippen molar-refractivity contribution in [3.63, 3.8) is 0 Å². The molecule has 0 spiro atoms. The van der Waals surface area contributed by atoms with Gasteiger partial charge in [0.05, 0.1) is 5.01 Å². The van der Waals surface area contributed by atoms with Crippen LogP contribution in [-0.4, -0.2) is 43.6 Å². The molecule has 21 heavy (non-hydrogen) atoms. The second kappa shape index (κ2) is 5.55. The Bertz CT molecular complexity index is 593. The third-order valence-electron chi connectivity index (χ3n) is 4.02. The molecule has 1 aliphatic heterocycles. The number of carbonyl (C=O) groups excluding carboxylic acids is 1. The molecule has 0 radical (unpaired) electrons. The van der Waals surface area contributed by atoms with Crippen LogP contribution in [-0.2, 0) is 10.3 Å². The summed E-state index contributed by atoms with van der Waals surface area (Å²) in [7, 11) is 0. The van der Waals surface area contributed by atoms with Crippen molar-refractivity contribution in [2.45, 2.75) is 38.1 Å².